The molecule has 0 spiro atoms. The van der Waals surface area contributed by atoms with Crippen molar-refractivity contribution < 1.29 is 4.18 Å². The molecule has 68 valence electrons. The molecule has 0 saturated heterocycles. The molecule has 0 aromatic heterocycles. The van der Waals surface area contributed by atoms with E-state index in [1.807, 2.05) is 6.92 Å². The summed E-state index contributed by atoms with van der Waals surface area (Å²) in [6.45, 7) is 4.98. The summed E-state index contributed by atoms with van der Waals surface area (Å²) in [7, 11) is -0.190. The molecule has 0 aliphatic carbocycles. The van der Waals surface area contributed by atoms with Gasteiger partial charge in [0.25, 0.3) is 0 Å². The second-order valence-electron chi connectivity index (χ2n) is 2.48. The van der Waals surface area contributed by atoms with E-state index in [-0.39, 0.29) is 9.74 Å². The fourth-order valence-corrected chi connectivity index (χ4v) is 2.30. The second kappa shape index (κ2) is 8.62. The van der Waals surface area contributed by atoms with E-state index in [9.17, 15) is 0 Å². The van der Waals surface area contributed by atoms with Gasteiger partial charge in [0.2, 0.25) is 0 Å². The Bertz CT molecular complexity index is 104. The first-order valence-electron chi connectivity index (χ1n) is 4.32. The molecule has 0 amide bonds. The van der Waals surface area contributed by atoms with Crippen LogP contribution in [0, 0.1) is 0 Å². The molecule has 1 atom stereocenters. The Morgan fingerprint density at radius 3 is 2.45 bits per heavy atom. The molecule has 0 aliphatic heterocycles. The first-order chi connectivity index (χ1) is 5.31. The SMILES string of the molecule is CCCCCCS(=S)OCC. The van der Waals surface area contributed by atoms with Crippen molar-refractivity contribution in [3.63, 3.8) is 0 Å². The molecular weight excluding hydrogens is 176 g/mol. The Morgan fingerprint density at radius 2 is 1.91 bits per heavy atom. The highest BCUT2D eigenvalue weighted by atomic mass is 32.8. The molecule has 0 aromatic rings. The molecule has 0 aliphatic rings. The Balaban J connectivity index is 3.04. The lowest BCUT2D eigenvalue weighted by molar-refractivity contribution is 0.396. The maximum atomic E-state index is 5.26. The molecule has 0 aromatic carbocycles. The molecular formula is C8H18OS2. The normalized spacial score (nSPS) is 13.3. The minimum atomic E-state index is -0.190. The fourth-order valence-electron chi connectivity index (χ4n) is 0.837. The number of hydrogen-bond donors (Lipinski definition) is 0. The summed E-state index contributed by atoms with van der Waals surface area (Å²) < 4.78 is 5.26. The zero-order valence-corrected chi connectivity index (χ0v) is 9.10. The molecule has 1 unspecified atom stereocenters. The zero-order chi connectivity index (χ0) is 8.53. The van der Waals surface area contributed by atoms with E-state index in [0.29, 0.717) is 0 Å². The van der Waals surface area contributed by atoms with Gasteiger partial charge >= 0.3 is 0 Å². The van der Waals surface area contributed by atoms with Crippen LogP contribution in [0.3, 0.4) is 0 Å². The van der Waals surface area contributed by atoms with E-state index < -0.39 is 0 Å². The molecule has 0 fully saturated rings. The van der Waals surface area contributed by atoms with Gasteiger partial charge < -0.3 is 4.18 Å². The smallest absolute Gasteiger partial charge is 0.0588 e. The van der Waals surface area contributed by atoms with Crippen LogP contribution in [0.4, 0.5) is 0 Å². The highest BCUT2D eigenvalue weighted by Crippen LogP contribution is 2.00. The lowest BCUT2D eigenvalue weighted by atomic mass is 10.2. The van der Waals surface area contributed by atoms with Crippen LogP contribution in [0.5, 0.6) is 0 Å². The summed E-state index contributed by atoms with van der Waals surface area (Å²) in [6.07, 6.45) is 5.17. The van der Waals surface area contributed by atoms with Crippen molar-refractivity contribution in [1.29, 1.82) is 0 Å². The average Bonchev–Trinajstić information content (AvgIpc) is 1.99. The second-order valence-corrected chi connectivity index (χ2v) is 4.84. The maximum Gasteiger partial charge on any atom is 0.0588 e. The van der Waals surface area contributed by atoms with E-state index in [1.165, 1.54) is 25.7 Å². The van der Waals surface area contributed by atoms with Gasteiger partial charge in [0.1, 0.15) is 0 Å². The van der Waals surface area contributed by atoms with Crippen molar-refractivity contribution >= 4 is 20.9 Å². The topological polar surface area (TPSA) is 9.23 Å². The first kappa shape index (κ1) is 11.5. The van der Waals surface area contributed by atoms with Gasteiger partial charge in [-0.2, -0.15) is 0 Å². The summed E-state index contributed by atoms with van der Waals surface area (Å²) in [4.78, 5) is 0. The van der Waals surface area contributed by atoms with Crippen LogP contribution in [0.2, 0.25) is 0 Å². The van der Waals surface area contributed by atoms with Crippen molar-refractivity contribution in [2.75, 3.05) is 12.4 Å². The van der Waals surface area contributed by atoms with Crippen LogP contribution in [0.1, 0.15) is 39.5 Å². The van der Waals surface area contributed by atoms with E-state index >= 15 is 0 Å². The highest BCUT2D eigenvalue weighted by molar-refractivity contribution is 8.26. The van der Waals surface area contributed by atoms with Crippen molar-refractivity contribution in [1.82, 2.24) is 0 Å². The summed E-state index contributed by atoms with van der Waals surface area (Å²) in [5.41, 5.74) is 0. The van der Waals surface area contributed by atoms with Crippen molar-refractivity contribution in [3.8, 4) is 0 Å². The molecule has 3 heteroatoms. The summed E-state index contributed by atoms with van der Waals surface area (Å²) >= 11 is 5.09. The third-order valence-corrected chi connectivity index (χ3v) is 3.32. The van der Waals surface area contributed by atoms with Gasteiger partial charge in [-0.05, 0) is 24.5 Å². The molecule has 0 N–H and O–H groups in total. The Morgan fingerprint density at radius 1 is 1.18 bits per heavy atom. The van der Waals surface area contributed by atoms with Crippen LogP contribution in [-0.2, 0) is 25.1 Å². The summed E-state index contributed by atoms with van der Waals surface area (Å²) in [6, 6.07) is 0. The van der Waals surface area contributed by atoms with Crippen LogP contribution in [-0.4, -0.2) is 12.4 Å². The molecule has 1 nitrogen and oxygen atoms in total. The number of hydrogen-bond acceptors (Lipinski definition) is 2. The Kier molecular flexibility index (Phi) is 9.04. The third-order valence-electron chi connectivity index (χ3n) is 1.41. The predicted molar refractivity (Wildman–Crippen MR) is 55.4 cm³/mol. The average molecular weight is 194 g/mol. The molecule has 0 rings (SSSR count). The van der Waals surface area contributed by atoms with Gasteiger partial charge in [0, 0.05) is 15.5 Å². The summed E-state index contributed by atoms with van der Waals surface area (Å²) in [5.74, 6) is 1.07. The fraction of sp³-hybridized carbons (Fsp3) is 1.00. The molecule has 0 heterocycles. The van der Waals surface area contributed by atoms with E-state index in [4.69, 9.17) is 15.4 Å². The van der Waals surface area contributed by atoms with Gasteiger partial charge in [-0.25, -0.2) is 0 Å². The first-order valence-corrected chi connectivity index (χ1v) is 6.57. The summed E-state index contributed by atoms with van der Waals surface area (Å²) in [5, 5.41) is 0. The Labute approximate surface area is 77.3 Å². The minimum Gasteiger partial charge on any atom is -0.313 e. The monoisotopic (exact) mass is 194 g/mol. The van der Waals surface area contributed by atoms with Crippen LogP contribution in [0.25, 0.3) is 0 Å². The van der Waals surface area contributed by atoms with Gasteiger partial charge in [0.05, 0.1) is 6.61 Å². The third kappa shape index (κ3) is 8.44. The van der Waals surface area contributed by atoms with Crippen molar-refractivity contribution in [2.24, 2.45) is 0 Å². The van der Waals surface area contributed by atoms with Crippen molar-refractivity contribution in [3.05, 3.63) is 0 Å². The molecule has 11 heavy (non-hydrogen) atoms. The lowest BCUT2D eigenvalue weighted by Crippen LogP contribution is -2.00. The largest absolute Gasteiger partial charge is 0.313 e. The number of unbranched alkanes of at least 4 members (excludes halogenated alkanes) is 3. The lowest BCUT2D eigenvalue weighted by Gasteiger charge is -2.02. The maximum absolute atomic E-state index is 5.26. The standard InChI is InChI=1S/C8H18OS2/c1-3-5-6-7-8-11(10)9-4-2/h3-8H2,1-2H3. The van der Waals surface area contributed by atoms with Gasteiger partial charge in [0.15, 0.2) is 0 Å². The van der Waals surface area contributed by atoms with E-state index in [1.54, 1.807) is 0 Å². The van der Waals surface area contributed by atoms with E-state index in [0.717, 1.165) is 12.4 Å². The molecule has 0 saturated carbocycles. The van der Waals surface area contributed by atoms with Crippen LogP contribution < -0.4 is 0 Å². The van der Waals surface area contributed by atoms with Gasteiger partial charge in [-0.3, -0.25) is 0 Å². The van der Waals surface area contributed by atoms with Gasteiger partial charge in [-0.1, -0.05) is 26.2 Å². The van der Waals surface area contributed by atoms with Crippen molar-refractivity contribution in [2.45, 2.75) is 39.5 Å². The Hall–Kier alpha value is 0.530. The van der Waals surface area contributed by atoms with Crippen LogP contribution in [0.15, 0.2) is 0 Å². The minimum absolute atomic E-state index is 0.190. The van der Waals surface area contributed by atoms with Gasteiger partial charge in [-0.15, -0.1) is 0 Å². The predicted octanol–water partition coefficient (Wildman–Crippen LogP) is 2.60. The van der Waals surface area contributed by atoms with Crippen LogP contribution >= 0.6 is 0 Å². The zero-order valence-electron chi connectivity index (χ0n) is 7.47. The molecule has 0 radical (unpaired) electrons. The highest BCUT2D eigenvalue weighted by Gasteiger charge is 1.93. The molecule has 0 bridgehead atoms. The quantitative estimate of drug-likeness (QED) is 0.576. The number of rotatable bonds is 7. The van der Waals surface area contributed by atoms with E-state index in [2.05, 4.69) is 6.92 Å².